The maximum atomic E-state index is 14.0. The summed E-state index contributed by atoms with van der Waals surface area (Å²) in [5, 5.41) is 0.429. The second-order valence-corrected chi connectivity index (χ2v) is 7.26. The molecule has 0 radical (unpaired) electrons. The van der Waals surface area contributed by atoms with E-state index in [1.165, 1.54) is 6.07 Å². The van der Waals surface area contributed by atoms with Crippen molar-refractivity contribution in [2.24, 2.45) is 11.7 Å². The third-order valence-electron chi connectivity index (χ3n) is 4.44. The van der Waals surface area contributed by atoms with Crippen LogP contribution in [-0.2, 0) is 4.74 Å². The first-order chi connectivity index (χ1) is 9.61. The Morgan fingerprint density at radius 2 is 2.35 bits per heavy atom. The van der Waals surface area contributed by atoms with Crippen molar-refractivity contribution in [3.8, 4) is 0 Å². The second kappa shape index (κ2) is 5.84. The van der Waals surface area contributed by atoms with Gasteiger partial charge in [0.15, 0.2) is 0 Å². The molecule has 0 saturated carbocycles. The topological polar surface area (TPSA) is 35.2 Å². The van der Waals surface area contributed by atoms with E-state index in [1.807, 2.05) is 11.8 Å². The van der Waals surface area contributed by atoms with Crippen molar-refractivity contribution in [1.29, 1.82) is 0 Å². The van der Waals surface area contributed by atoms with E-state index in [9.17, 15) is 4.39 Å². The van der Waals surface area contributed by atoms with E-state index in [0.29, 0.717) is 17.2 Å². The van der Waals surface area contributed by atoms with Crippen molar-refractivity contribution in [1.82, 2.24) is 0 Å². The van der Waals surface area contributed by atoms with Crippen molar-refractivity contribution in [3.63, 3.8) is 0 Å². The first kappa shape index (κ1) is 14.6. The van der Waals surface area contributed by atoms with Gasteiger partial charge in [-0.25, -0.2) is 4.39 Å². The first-order valence-electron chi connectivity index (χ1n) is 7.02. The zero-order chi connectivity index (χ0) is 14.2. The summed E-state index contributed by atoms with van der Waals surface area (Å²) in [5.74, 6) is 2.10. The third kappa shape index (κ3) is 2.71. The zero-order valence-electron chi connectivity index (χ0n) is 11.3. The van der Waals surface area contributed by atoms with Crippen LogP contribution in [-0.4, -0.2) is 23.7 Å². The molecule has 1 aromatic rings. The predicted molar refractivity (Wildman–Crippen MR) is 81.7 cm³/mol. The molecule has 1 spiro atoms. The lowest BCUT2D eigenvalue weighted by molar-refractivity contribution is -0.0835. The Morgan fingerprint density at radius 1 is 1.50 bits per heavy atom. The van der Waals surface area contributed by atoms with Crippen LogP contribution in [0, 0.1) is 11.7 Å². The summed E-state index contributed by atoms with van der Waals surface area (Å²) in [4.78, 5) is 0. The van der Waals surface area contributed by atoms with Crippen molar-refractivity contribution in [3.05, 3.63) is 34.6 Å². The van der Waals surface area contributed by atoms with E-state index in [4.69, 9.17) is 22.1 Å². The molecule has 2 heterocycles. The van der Waals surface area contributed by atoms with Crippen LogP contribution in [0.25, 0.3) is 0 Å². The Morgan fingerprint density at radius 3 is 3.05 bits per heavy atom. The SMILES string of the molecule is NC(c1c(F)cccc1Cl)C1CCOC2(CCSC2)C1. The van der Waals surface area contributed by atoms with Crippen LogP contribution in [0.3, 0.4) is 0 Å². The average Bonchev–Trinajstić information content (AvgIpc) is 2.86. The lowest BCUT2D eigenvalue weighted by Crippen LogP contribution is -2.43. The Balaban J connectivity index is 1.81. The van der Waals surface area contributed by atoms with Gasteiger partial charge in [-0.3, -0.25) is 0 Å². The Hall–Kier alpha value is -0.290. The molecule has 2 aliphatic rings. The van der Waals surface area contributed by atoms with Gasteiger partial charge in [0, 0.05) is 29.0 Å². The van der Waals surface area contributed by atoms with E-state index >= 15 is 0 Å². The summed E-state index contributed by atoms with van der Waals surface area (Å²) >= 11 is 8.07. The molecule has 110 valence electrons. The second-order valence-electron chi connectivity index (χ2n) is 5.75. The minimum absolute atomic E-state index is 0.0388. The molecular weight excluding hydrogens is 297 g/mol. The summed E-state index contributed by atoms with van der Waals surface area (Å²) in [6.45, 7) is 0.713. The molecule has 2 saturated heterocycles. The normalized spacial score (nSPS) is 31.6. The van der Waals surface area contributed by atoms with Crippen molar-refractivity contribution in [2.45, 2.75) is 30.9 Å². The Bertz CT molecular complexity index is 473. The summed E-state index contributed by atoms with van der Waals surface area (Å²) < 4.78 is 20.0. The average molecular weight is 316 g/mol. The van der Waals surface area contributed by atoms with Gasteiger partial charge < -0.3 is 10.5 Å². The molecule has 1 aromatic carbocycles. The highest BCUT2D eigenvalue weighted by atomic mass is 35.5. The van der Waals surface area contributed by atoms with Crippen LogP contribution in [0.4, 0.5) is 4.39 Å². The van der Waals surface area contributed by atoms with Crippen LogP contribution in [0.15, 0.2) is 18.2 Å². The van der Waals surface area contributed by atoms with Gasteiger partial charge in [0.25, 0.3) is 0 Å². The highest BCUT2D eigenvalue weighted by Crippen LogP contribution is 2.44. The first-order valence-corrected chi connectivity index (χ1v) is 8.56. The third-order valence-corrected chi connectivity index (χ3v) is 5.99. The molecule has 0 amide bonds. The fourth-order valence-electron chi connectivity index (χ4n) is 3.30. The van der Waals surface area contributed by atoms with Gasteiger partial charge in [0.2, 0.25) is 0 Å². The number of nitrogens with two attached hydrogens (primary N) is 1. The van der Waals surface area contributed by atoms with E-state index in [2.05, 4.69) is 0 Å². The summed E-state index contributed by atoms with van der Waals surface area (Å²) in [6.07, 6.45) is 2.86. The summed E-state index contributed by atoms with van der Waals surface area (Å²) in [6, 6.07) is 4.41. The molecule has 2 fully saturated rings. The molecule has 3 rings (SSSR count). The van der Waals surface area contributed by atoms with Gasteiger partial charge in [-0.15, -0.1) is 0 Å². The highest BCUT2D eigenvalue weighted by Gasteiger charge is 2.42. The fourth-order valence-corrected chi connectivity index (χ4v) is 4.97. The van der Waals surface area contributed by atoms with E-state index in [0.717, 1.165) is 30.8 Å². The number of hydrogen-bond donors (Lipinski definition) is 1. The molecule has 0 bridgehead atoms. The minimum atomic E-state index is -0.352. The molecular formula is C15H19ClFNOS. The fraction of sp³-hybridized carbons (Fsp3) is 0.600. The van der Waals surface area contributed by atoms with E-state index < -0.39 is 0 Å². The molecule has 0 aliphatic carbocycles. The smallest absolute Gasteiger partial charge is 0.129 e. The van der Waals surface area contributed by atoms with E-state index in [1.54, 1.807) is 12.1 Å². The molecule has 2 N–H and O–H groups in total. The standard InChI is InChI=1S/C15H19ClFNOS/c16-11-2-1-3-12(17)13(11)14(18)10-4-6-19-15(8-10)5-7-20-9-15/h1-3,10,14H,4-9,18H2. The number of rotatable bonds is 2. The number of halogens is 2. The molecule has 3 unspecified atom stereocenters. The Labute approximate surface area is 128 Å². The van der Waals surface area contributed by atoms with Crippen LogP contribution in [0.2, 0.25) is 5.02 Å². The van der Waals surface area contributed by atoms with Gasteiger partial charge in [0.05, 0.1) is 5.60 Å². The zero-order valence-corrected chi connectivity index (χ0v) is 12.9. The van der Waals surface area contributed by atoms with Crippen LogP contribution >= 0.6 is 23.4 Å². The largest absolute Gasteiger partial charge is 0.374 e. The van der Waals surface area contributed by atoms with Gasteiger partial charge >= 0.3 is 0 Å². The maximum Gasteiger partial charge on any atom is 0.129 e. The number of benzene rings is 1. The monoisotopic (exact) mass is 315 g/mol. The minimum Gasteiger partial charge on any atom is -0.374 e. The van der Waals surface area contributed by atoms with E-state index in [-0.39, 0.29) is 23.4 Å². The van der Waals surface area contributed by atoms with Gasteiger partial charge in [-0.1, -0.05) is 17.7 Å². The van der Waals surface area contributed by atoms with Crippen LogP contribution in [0.5, 0.6) is 0 Å². The number of hydrogen-bond acceptors (Lipinski definition) is 3. The molecule has 2 nitrogen and oxygen atoms in total. The summed E-state index contributed by atoms with van der Waals surface area (Å²) in [7, 11) is 0. The lowest BCUT2D eigenvalue weighted by Gasteiger charge is -2.40. The molecule has 0 aromatic heterocycles. The quantitative estimate of drug-likeness (QED) is 0.902. The predicted octanol–water partition coefficient (Wildman–Crippen LogP) is 3.78. The number of thioether (sulfide) groups is 1. The maximum absolute atomic E-state index is 14.0. The summed E-state index contributed by atoms with van der Waals surface area (Å²) in [5.41, 5.74) is 6.76. The molecule has 20 heavy (non-hydrogen) atoms. The van der Waals surface area contributed by atoms with Gasteiger partial charge in [-0.05, 0) is 43.1 Å². The van der Waals surface area contributed by atoms with Crippen molar-refractivity contribution < 1.29 is 9.13 Å². The molecule has 5 heteroatoms. The van der Waals surface area contributed by atoms with Crippen molar-refractivity contribution >= 4 is 23.4 Å². The lowest BCUT2D eigenvalue weighted by atomic mass is 9.79. The van der Waals surface area contributed by atoms with Gasteiger partial charge in [0.1, 0.15) is 5.82 Å². The van der Waals surface area contributed by atoms with Gasteiger partial charge in [-0.2, -0.15) is 11.8 Å². The Kier molecular flexibility index (Phi) is 4.27. The molecule has 3 atom stereocenters. The highest BCUT2D eigenvalue weighted by molar-refractivity contribution is 7.99. The van der Waals surface area contributed by atoms with Crippen LogP contribution in [0.1, 0.15) is 30.9 Å². The molecule has 2 aliphatic heterocycles. The van der Waals surface area contributed by atoms with Crippen molar-refractivity contribution in [2.75, 3.05) is 18.1 Å². The van der Waals surface area contributed by atoms with Crippen LogP contribution < -0.4 is 5.73 Å². The number of ether oxygens (including phenoxy) is 1.